The second-order valence-electron chi connectivity index (χ2n) is 4.12. The van der Waals surface area contributed by atoms with E-state index in [0.29, 0.717) is 18.2 Å². The van der Waals surface area contributed by atoms with E-state index in [2.05, 4.69) is 19.2 Å². The molecule has 1 aromatic carbocycles. The van der Waals surface area contributed by atoms with Crippen LogP contribution in [-0.4, -0.2) is 12.5 Å². The van der Waals surface area contributed by atoms with Crippen LogP contribution < -0.4 is 11.1 Å². The van der Waals surface area contributed by atoms with E-state index < -0.39 is 5.82 Å². The summed E-state index contributed by atoms with van der Waals surface area (Å²) >= 11 is 0. The largest absolute Gasteiger partial charge is 0.398 e. The molecule has 0 aromatic heterocycles. The standard InChI is InChI=1S/C13H19FN2O/c1-3-9(4-2)8-16-13(17)11-7-10(14)5-6-12(11)15/h5-7,9H,3-4,8,15H2,1-2H3,(H,16,17). The van der Waals surface area contributed by atoms with Crippen LogP contribution in [0.2, 0.25) is 0 Å². The van der Waals surface area contributed by atoms with Crippen molar-refractivity contribution in [3.63, 3.8) is 0 Å². The fourth-order valence-electron chi connectivity index (χ4n) is 1.63. The Bertz CT molecular complexity index is 389. The summed E-state index contributed by atoms with van der Waals surface area (Å²) in [5, 5.41) is 2.78. The maximum absolute atomic E-state index is 13.0. The molecule has 0 unspecified atom stereocenters. The van der Waals surface area contributed by atoms with Crippen LogP contribution in [0.1, 0.15) is 37.0 Å². The van der Waals surface area contributed by atoms with Crippen molar-refractivity contribution in [2.24, 2.45) is 5.92 Å². The third-order valence-electron chi connectivity index (χ3n) is 2.97. The molecule has 3 N–H and O–H groups in total. The van der Waals surface area contributed by atoms with Gasteiger partial charge < -0.3 is 11.1 Å². The lowest BCUT2D eigenvalue weighted by atomic mass is 10.0. The number of anilines is 1. The number of hydrogen-bond acceptors (Lipinski definition) is 2. The highest BCUT2D eigenvalue weighted by atomic mass is 19.1. The van der Waals surface area contributed by atoms with Crippen LogP contribution in [0.3, 0.4) is 0 Å². The number of carbonyl (C=O) groups is 1. The molecule has 94 valence electrons. The van der Waals surface area contributed by atoms with E-state index in [1.807, 2.05) is 0 Å². The van der Waals surface area contributed by atoms with Crippen molar-refractivity contribution in [1.29, 1.82) is 0 Å². The third-order valence-corrected chi connectivity index (χ3v) is 2.97. The zero-order chi connectivity index (χ0) is 12.8. The molecule has 0 atom stereocenters. The van der Waals surface area contributed by atoms with Gasteiger partial charge in [0.05, 0.1) is 5.56 Å². The summed E-state index contributed by atoms with van der Waals surface area (Å²) in [7, 11) is 0. The second kappa shape index (κ2) is 6.23. The highest BCUT2D eigenvalue weighted by Gasteiger charge is 2.12. The van der Waals surface area contributed by atoms with E-state index in [-0.39, 0.29) is 11.5 Å². The SMILES string of the molecule is CCC(CC)CNC(=O)c1cc(F)ccc1N. The van der Waals surface area contributed by atoms with Crippen molar-refractivity contribution in [2.45, 2.75) is 26.7 Å². The van der Waals surface area contributed by atoms with Gasteiger partial charge in [0.15, 0.2) is 0 Å². The van der Waals surface area contributed by atoms with Crippen molar-refractivity contribution >= 4 is 11.6 Å². The van der Waals surface area contributed by atoms with Crippen molar-refractivity contribution in [3.05, 3.63) is 29.6 Å². The lowest BCUT2D eigenvalue weighted by molar-refractivity contribution is 0.0947. The van der Waals surface area contributed by atoms with Gasteiger partial charge >= 0.3 is 0 Å². The Morgan fingerprint density at radius 2 is 2.06 bits per heavy atom. The quantitative estimate of drug-likeness (QED) is 0.775. The maximum atomic E-state index is 13.0. The van der Waals surface area contributed by atoms with Gasteiger partial charge in [-0.05, 0) is 24.1 Å². The molecule has 0 fully saturated rings. The first kappa shape index (κ1) is 13.5. The van der Waals surface area contributed by atoms with Gasteiger partial charge in [-0.2, -0.15) is 0 Å². The van der Waals surface area contributed by atoms with Crippen LogP contribution in [0.4, 0.5) is 10.1 Å². The minimum Gasteiger partial charge on any atom is -0.398 e. The molecule has 0 saturated carbocycles. The first-order valence-corrected chi connectivity index (χ1v) is 5.91. The van der Waals surface area contributed by atoms with Crippen molar-refractivity contribution in [2.75, 3.05) is 12.3 Å². The third kappa shape index (κ3) is 3.73. The topological polar surface area (TPSA) is 55.1 Å². The Labute approximate surface area is 101 Å². The van der Waals surface area contributed by atoms with Crippen LogP contribution in [0.25, 0.3) is 0 Å². The number of nitrogens with two attached hydrogens (primary N) is 1. The fraction of sp³-hybridized carbons (Fsp3) is 0.462. The molecule has 0 aliphatic carbocycles. The van der Waals surface area contributed by atoms with Crippen molar-refractivity contribution in [1.82, 2.24) is 5.32 Å². The normalized spacial score (nSPS) is 10.6. The van der Waals surface area contributed by atoms with Gasteiger partial charge in [-0.3, -0.25) is 4.79 Å². The monoisotopic (exact) mass is 238 g/mol. The Morgan fingerprint density at radius 1 is 1.41 bits per heavy atom. The van der Waals surface area contributed by atoms with Crippen LogP contribution >= 0.6 is 0 Å². The number of hydrogen-bond donors (Lipinski definition) is 2. The molecule has 0 aliphatic rings. The number of carbonyl (C=O) groups excluding carboxylic acids is 1. The van der Waals surface area contributed by atoms with Gasteiger partial charge in [0.2, 0.25) is 0 Å². The summed E-state index contributed by atoms with van der Waals surface area (Å²) in [6.45, 7) is 4.76. The predicted octanol–water partition coefficient (Wildman–Crippen LogP) is 2.57. The van der Waals surface area contributed by atoms with E-state index in [9.17, 15) is 9.18 Å². The molecule has 0 spiro atoms. The van der Waals surface area contributed by atoms with Crippen LogP contribution in [0.5, 0.6) is 0 Å². The molecule has 0 radical (unpaired) electrons. The van der Waals surface area contributed by atoms with Crippen LogP contribution in [-0.2, 0) is 0 Å². The summed E-state index contributed by atoms with van der Waals surface area (Å²) in [6, 6.07) is 3.81. The molecular formula is C13H19FN2O. The average molecular weight is 238 g/mol. The van der Waals surface area contributed by atoms with Crippen molar-refractivity contribution in [3.8, 4) is 0 Å². The van der Waals surface area contributed by atoms with Gasteiger partial charge in [-0.15, -0.1) is 0 Å². The Balaban J connectivity index is 2.66. The molecule has 1 rings (SSSR count). The molecule has 0 aliphatic heterocycles. The summed E-state index contributed by atoms with van der Waals surface area (Å²) < 4.78 is 13.0. The van der Waals surface area contributed by atoms with E-state index in [4.69, 9.17) is 5.73 Å². The summed E-state index contributed by atoms with van der Waals surface area (Å²) in [6.07, 6.45) is 2.02. The number of nitrogens with one attached hydrogen (secondary N) is 1. The van der Waals surface area contributed by atoms with E-state index in [1.165, 1.54) is 12.1 Å². The van der Waals surface area contributed by atoms with Crippen LogP contribution in [0, 0.1) is 11.7 Å². The Hall–Kier alpha value is -1.58. The first-order valence-electron chi connectivity index (χ1n) is 5.91. The number of benzene rings is 1. The molecule has 17 heavy (non-hydrogen) atoms. The molecular weight excluding hydrogens is 219 g/mol. The van der Waals surface area contributed by atoms with E-state index >= 15 is 0 Å². The molecule has 1 amide bonds. The Kier molecular flexibility index (Phi) is 4.94. The summed E-state index contributed by atoms with van der Waals surface area (Å²) in [5.74, 6) is -0.311. The van der Waals surface area contributed by atoms with Crippen LogP contribution in [0.15, 0.2) is 18.2 Å². The number of amides is 1. The molecule has 0 heterocycles. The smallest absolute Gasteiger partial charge is 0.253 e. The van der Waals surface area contributed by atoms with Crippen molar-refractivity contribution < 1.29 is 9.18 Å². The number of nitrogen functional groups attached to an aromatic ring is 1. The van der Waals surface area contributed by atoms with Gasteiger partial charge in [-0.1, -0.05) is 26.7 Å². The highest BCUT2D eigenvalue weighted by molar-refractivity contribution is 5.99. The minimum absolute atomic E-state index is 0.205. The molecule has 4 heteroatoms. The van der Waals surface area contributed by atoms with E-state index in [0.717, 1.165) is 18.9 Å². The van der Waals surface area contributed by atoms with Gasteiger partial charge in [-0.25, -0.2) is 4.39 Å². The van der Waals surface area contributed by atoms with E-state index in [1.54, 1.807) is 0 Å². The van der Waals surface area contributed by atoms with Gasteiger partial charge in [0.25, 0.3) is 5.91 Å². The Morgan fingerprint density at radius 3 is 2.65 bits per heavy atom. The highest BCUT2D eigenvalue weighted by Crippen LogP contribution is 2.13. The zero-order valence-electron chi connectivity index (χ0n) is 10.3. The molecule has 1 aromatic rings. The number of halogens is 1. The number of rotatable bonds is 5. The summed E-state index contributed by atoms with van der Waals surface area (Å²) in [5.41, 5.74) is 6.14. The summed E-state index contributed by atoms with van der Waals surface area (Å²) in [4.78, 5) is 11.8. The molecule has 0 bridgehead atoms. The minimum atomic E-state index is -0.452. The maximum Gasteiger partial charge on any atom is 0.253 e. The first-order chi connectivity index (χ1) is 8.08. The lowest BCUT2D eigenvalue weighted by Crippen LogP contribution is -2.29. The fourth-order valence-corrected chi connectivity index (χ4v) is 1.63. The molecule has 0 saturated heterocycles. The predicted molar refractivity (Wildman–Crippen MR) is 67.2 cm³/mol. The van der Waals surface area contributed by atoms with Gasteiger partial charge in [0.1, 0.15) is 5.82 Å². The molecule has 3 nitrogen and oxygen atoms in total. The van der Waals surface area contributed by atoms with Gasteiger partial charge in [0, 0.05) is 12.2 Å². The lowest BCUT2D eigenvalue weighted by Gasteiger charge is -2.14. The average Bonchev–Trinajstić information content (AvgIpc) is 2.33. The second-order valence-corrected chi connectivity index (χ2v) is 4.12. The zero-order valence-corrected chi connectivity index (χ0v) is 10.3.